The average molecular weight is 379 g/mol. The standard InChI is InChI=1S/C26H21NO2/c1-19(28)26(17-16-20-10-4-2-5-11-20)24(27-18-21-12-6-3-7-13-21)22-14-8-9-15-23(22)25(26)29/h2-15,24,27H,18H2,1H3/t24-,26-/m1/s1. The van der Waals surface area contributed by atoms with E-state index in [1.807, 2.05) is 78.9 Å². The van der Waals surface area contributed by atoms with Gasteiger partial charge in [0.15, 0.2) is 17.0 Å². The molecule has 2 atom stereocenters. The molecule has 0 bridgehead atoms. The minimum Gasteiger partial charge on any atom is -0.304 e. The third-order valence-corrected chi connectivity index (χ3v) is 5.39. The van der Waals surface area contributed by atoms with Crippen molar-refractivity contribution >= 4 is 11.6 Å². The van der Waals surface area contributed by atoms with Crippen LogP contribution in [0.4, 0.5) is 0 Å². The van der Waals surface area contributed by atoms with Gasteiger partial charge in [-0.3, -0.25) is 9.59 Å². The third-order valence-electron chi connectivity index (χ3n) is 5.39. The summed E-state index contributed by atoms with van der Waals surface area (Å²) in [6, 6.07) is 26.3. The number of hydrogen-bond donors (Lipinski definition) is 1. The summed E-state index contributed by atoms with van der Waals surface area (Å²) in [5.41, 5.74) is 1.81. The predicted octanol–water partition coefficient (Wildman–Crippen LogP) is 4.34. The van der Waals surface area contributed by atoms with Gasteiger partial charge in [0.1, 0.15) is 0 Å². The molecule has 1 aliphatic carbocycles. The lowest BCUT2D eigenvalue weighted by atomic mass is 9.76. The summed E-state index contributed by atoms with van der Waals surface area (Å²) in [7, 11) is 0. The minimum absolute atomic E-state index is 0.227. The molecule has 1 N–H and O–H groups in total. The van der Waals surface area contributed by atoms with Crippen LogP contribution in [0.5, 0.6) is 0 Å². The number of carbonyl (C=O) groups is 2. The molecule has 3 aromatic rings. The summed E-state index contributed by atoms with van der Waals surface area (Å²) in [5, 5.41) is 3.45. The van der Waals surface area contributed by atoms with Gasteiger partial charge in [0.2, 0.25) is 0 Å². The lowest BCUT2D eigenvalue weighted by Crippen LogP contribution is -2.43. The van der Waals surface area contributed by atoms with Gasteiger partial charge >= 0.3 is 0 Å². The second kappa shape index (κ2) is 7.87. The van der Waals surface area contributed by atoms with Crippen LogP contribution in [0.15, 0.2) is 84.9 Å². The van der Waals surface area contributed by atoms with E-state index in [1.54, 1.807) is 6.07 Å². The van der Waals surface area contributed by atoms with Crippen molar-refractivity contribution in [3.63, 3.8) is 0 Å². The molecule has 142 valence electrons. The lowest BCUT2D eigenvalue weighted by Gasteiger charge is -2.28. The Hall–Kier alpha value is -3.48. The Bertz CT molecular complexity index is 1110. The molecular formula is C26H21NO2. The highest BCUT2D eigenvalue weighted by Gasteiger charge is 2.55. The molecule has 0 spiro atoms. The molecule has 29 heavy (non-hydrogen) atoms. The van der Waals surface area contributed by atoms with Crippen LogP contribution in [0.25, 0.3) is 0 Å². The van der Waals surface area contributed by atoms with Gasteiger partial charge in [-0.05, 0) is 30.2 Å². The maximum Gasteiger partial charge on any atom is 0.190 e. The molecule has 3 nitrogen and oxygen atoms in total. The van der Waals surface area contributed by atoms with Crippen molar-refractivity contribution in [1.29, 1.82) is 0 Å². The molecule has 0 aromatic heterocycles. The van der Waals surface area contributed by atoms with E-state index < -0.39 is 11.5 Å². The zero-order valence-electron chi connectivity index (χ0n) is 16.2. The van der Waals surface area contributed by atoms with Crippen molar-refractivity contribution in [3.8, 4) is 11.8 Å². The number of carbonyl (C=O) groups excluding carboxylic acids is 2. The maximum atomic E-state index is 13.4. The van der Waals surface area contributed by atoms with Gasteiger partial charge in [0.05, 0.1) is 6.04 Å². The quantitative estimate of drug-likeness (QED) is 0.542. The molecule has 0 radical (unpaired) electrons. The average Bonchev–Trinajstić information content (AvgIpc) is 3.01. The fourth-order valence-corrected chi connectivity index (χ4v) is 3.88. The molecule has 0 unspecified atom stereocenters. The monoisotopic (exact) mass is 379 g/mol. The minimum atomic E-state index is -1.44. The summed E-state index contributed by atoms with van der Waals surface area (Å²) < 4.78 is 0. The van der Waals surface area contributed by atoms with E-state index in [4.69, 9.17) is 0 Å². The number of Topliss-reactive ketones (excluding diaryl/α,β-unsaturated/α-hetero) is 2. The summed E-state index contributed by atoms with van der Waals surface area (Å²) >= 11 is 0. The van der Waals surface area contributed by atoms with Gasteiger partial charge in [0.25, 0.3) is 0 Å². The van der Waals surface area contributed by atoms with Crippen LogP contribution < -0.4 is 5.32 Å². The van der Waals surface area contributed by atoms with Crippen LogP contribution in [0.2, 0.25) is 0 Å². The summed E-state index contributed by atoms with van der Waals surface area (Å²) in [6.07, 6.45) is 0. The van der Waals surface area contributed by atoms with Gasteiger partial charge in [-0.25, -0.2) is 0 Å². The Morgan fingerprint density at radius 1 is 0.931 bits per heavy atom. The molecule has 1 aliphatic rings. The van der Waals surface area contributed by atoms with E-state index >= 15 is 0 Å². The highest BCUT2D eigenvalue weighted by Crippen LogP contribution is 2.46. The van der Waals surface area contributed by atoms with Crippen LogP contribution in [0.1, 0.15) is 40.0 Å². The number of fused-ring (bicyclic) bond motifs is 1. The van der Waals surface area contributed by atoms with Crippen molar-refractivity contribution in [1.82, 2.24) is 5.32 Å². The molecule has 3 aromatic carbocycles. The van der Waals surface area contributed by atoms with Crippen LogP contribution in [0, 0.1) is 17.3 Å². The van der Waals surface area contributed by atoms with Gasteiger partial charge < -0.3 is 5.32 Å². The van der Waals surface area contributed by atoms with Crippen LogP contribution in [-0.2, 0) is 11.3 Å². The number of nitrogens with one attached hydrogen (secondary N) is 1. The first-order chi connectivity index (χ1) is 14.1. The predicted molar refractivity (Wildman–Crippen MR) is 113 cm³/mol. The number of ketones is 2. The first-order valence-corrected chi connectivity index (χ1v) is 9.63. The normalized spacial score (nSPS) is 19.9. The zero-order chi connectivity index (χ0) is 20.3. The topological polar surface area (TPSA) is 46.2 Å². The number of hydrogen-bond acceptors (Lipinski definition) is 3. The Balaban J connectivity index is 1.79. The van der Waals surface area contributed by atoms with E-state index in [1.165, 1.54) is 6.92 Å². The molecule has 0 amide bonds. The smallest absolute Gasteiger partial charge is 0.190 e. The van der Waals surface area contributed by atoms with Gasteiger partial charge in [0, 0.05) is 17.7 Å². The number of benzene rings is 3. The van der Waals surface area contributed by atoms with Gasteiger partial charge in [-0.1, -0.05) is 84.6 Å². The van der Waals surface area contributed by atoms with Crippen LogP contribution in [-0.4, -0.2) is 11.6 Å². The van der Waals surface area contributed by atoms with E-state index in [0.29, 0.717) is 12.1 Å². The number of rotatable bonds is 4. The highest BCUT2D eigenvalue weighted by atomic mass is 16.2. The Morgan fingerprint density at radius 3 is 2.24 bits per heavy atom. The maximum absolute atomic E-state index is 13.4. The fraction of sp³-hybridized carbons (Fsp3) is 0.154. The summed E-state index contributed by atoms with van der Waals surface area (Å²) in [5.74, 6) is 5.68. The molecule has 0 fully saturated rings. The first kappa shape index (κ1) is 18.9. The summed E-state index contributed by atoms with van der Waals surface area (Å²) in [6.45, 7) is 2.00. The SMILES string of the molecule is CC(=O)[C@@]1(C#Cc2ccccc2)C(=O)c2ccccc2[C@H]1NCc1ccccc1. The summed E-state index contributed by atoms with van der Waals surface area (Å²) in [4.78, 5) is 26.4. The molecule has 0 saturated carbocycles. The van der Waals surface area contributed by atoms with E-state index in [-0.39, 0.29) is 11.6 Å². The zero-order valence-corrected chi connectivity index (χ0v) is 16.2. The first-order valence-electron chi connectivity index (χ1n) is 9.63. The molecule has 0 heterocycles. The molecule has 3 heteroatoms. The van der Waals surface area contributed by atoms with Crippen molar-refractivity contribution in [3.05, 3.63) is 107 Å². The van der Waals surface area contributed by atoms with Crippen LogP contribution in [0.3, 0.4) is 0 Å². The third kappa shape index (κ3) is 3.40. The second-order valence-corrected chi connectivity index (χ2v) is 7.20. The highest BCUT2D eigenvalue weighted by molar-refractivity contribution is 6.20. The Morgan fingerprint density at radius 2 is 1.55 bits per heavy atom. The van der Waals surface area contributed by atoms with Gasteiger partial charge in [-0.2, -0.15) is 0 Å². The molecular weight excluding hydrogens is 358 g/mol. The van der Waals surface area contributed by atoms with Gasteiger partial charge in [-0.15, -0.1) is 0 Å². The Kier molecular flexibility index (Phi) is 5.12. The van der Waals surface area contributed by atoms with Crippen molar-refractivity contribution < 1.29 is 9.59 Å². The largest absolute Gasteiger partial charge is 0.304 e. The molecule has 0 aliphatic heterocycles. The van der Waals surface area contributed by atoms with Crippen LogP contribution >= 0.6 is 0 Å². The van der Waals surface area contributed by atoms with E-state index in [0.717, 1.165) is 16.7 Å². The van der Waals surface area contributed by atoms with Crippen molar-refractivity contribution in [2.75, 3.05) is 0 Å². The molecule has 0 saturated heterocycles. The lowest BCUT2D eigenvalue weighted by molar-refractivity contribution is -0.122. The fourth-order valence-electron chi connectivity index (χ4n) is 3.88. The molecule has 4 rings (SSSR count). The van der Waals surface area contributed by atoms with Crippen molar-refractivity contribution in [2.45, 2.75) is 19.5 Å². The second-order valence-electron chi connectivity index (χ2n) is 7.20. The van der Waals surface area contributed by atoms with Crippen molar-refractivity contribution in [2.24, 2.45) is 5.41 Å². The van der Waals surface area contributed by atoms with E-state index in [9.17, 15) is 9.59 Å². The Labute approximate surface area is 170 Å². The van der Waals surface area contributed by atoms with E-state index in [2.05, 4.69) is 17.2 Å².